The van der Waals surface area contributed by atoms with Gasteiger partial charge in [-0.3, -0.25) is 0 Å². The van der Waals surface area contributed by atoms with Crippen molar-refractivity contribution < 1.29 is 10.9 Å². The van der Waals surface area contributed by atoms with Crippen molar-refractivity contribution >= 4 is 25.7 Å². The van der Waals surface area contributed by atoms with Gasteiger partial charge in [0.25, 0.3) is 0 Å². The van der Waals surface area contributed by atoms with E-state index < -0.39 is 19.8 Å². The van der Waals surface area contributed by atoms with E-state index in [-0.39, 0.29) is 12.0 Å². The molecule has 0 radical (unpaired) electrons. The predicted octanol–water partition coefficient (Wildman–Crippen LogP) is 5.03. The number of aliphatic imine (C=N–C) groups is 1. The number of hydrogen-bond donors (Lipinski definition) is 0. The molecule has 0 N–H and O–H groups in total. The van der Waals surface area contributed by atoms with Crippen LogP contribution in [0.3, 0.4) is 0 Å². The van der Waals surface area contributed by atoms with Crippen molar-refractivity contribution in [2.24, 2.45) is 4.99 Å². The summed E-state index contributed by atoms with van der Waals surface area (Å²) < 4.78 is 29.5. The van der Waals surface area contributed by atoms with Gasteiger partial charge in [-0.1, -0.05) is 72.8 Å². The van der Waals surface area contributed by atoms with Crippen molar-refractivity contribution in [2.75, 3.05) is 6.61 Å². The molecular formula is C22H18INO3. The lowest BCUT2D eigenvalue weighted by atomic mass is 9.86. The lowest BCUT2D eigenvalue weighted by Crippen LogP contribution is -2.19. The third-order valence-corrected chi connectivity index (χ3v) is 6.54. The first-order valence-electron chi connectivity index (χ1n) is 8.69. The van der Waals surface area contributed by atoms with Crippen LogP contribution in [0.2, 0.25) is 0 Å². The van der Waals surface area contributed by atoms with Crippen LogP contribution in [0, 0.1) is 3.57 Å². The van der Waals surface area contributed by atoms with Crippen molar-refractivity contribution in [3.63, 3.8) is 0 Å². The van der Waals surface area contributed by atoms with Crippen LogP contribution >= 0.6 is 19.8 Å². The fourth-order valence-corrected chi connectivity index (χ4v) is 4.82. The first kappa shape index (κ1) is 17.9. The lowest BCUT2D eigenvalue weighted by Gasteiger charge is -2.21. The van der Waals surface area contributed by atoms with E-state index >= 15 is 0 Å². The summed E-state index contributed by atoms with van der Waals surface area (Å²) in [6, 6.07) is 27.3. The standard InChI is InChI=1S/C22H18INO3/c25-23(26)19-14-8-7-13-18(19)22-24-20(15-27-22)21(16-9-3-1-4-10-16)17-11-5-2-6-12-17/h1-14,20-21H,15H2. The van der Waals surface area contributed by atoms with Crippen LogP contribution in [0.4, 0.5) is 0 Å². The van der Waals surface area contributed by atoms with E-state index in [0.717, 1.165) is 11.1 Å². The molecule has 0 fully saturated rings. The molecule has 1 unspecified atom stereocenters. The van der Waals surface area contributed by atoms with Gasteiger partial charge in [0.1, 0.15) is 6.61 Å². The van der Waals surface area contributed by atoms with Crippen molar-refractivity contribution in [3.05, 3.63) is 105 Å². The fraction of sp³-hybridized carbons (Fsp3) is 0.136. The monoisotopic (exact) mass is 471 g/mol. The van der Waals surface area contributed by atoms with Gasteiger partial charge in [0.05, 0.1) is 15.2 Å². The summed E-state index contributed by atoms with van der Waals surface area (Å²) in [7, 11) is 0. The molecule has 4 nitrogen and oxygen atoms in total. The molecule has 0 saturated heterocycles. The Hall–Kier alpha value is -2.54. The highest BCUT2D eigenvalue weighted by atomic mass is 127. The maximum absolute atomic E-state index is 11.7. The molecule has 5 heteroatoms. The van der Waals surface area contributed by atoms with E-state index in [4.69, 9.17) is 9.73 Å². The molecule has 0 bridgehead atoms. The normalized spacial score (nSPS) is 16.4. The van der Waals surface area contributed by atoms with Gasteiger partial charge in [-0.05, 0) is 23.3 Å². The second-order valence-corrected chi connectivity index (χ2v) is 8.71. The van der Waals surface area contributed by atoms with Crippen LogP contribution in [0.5, 0.6) is 0 Å². The first-order chi connectivity index (χ1) is 13.2. The Balaban J connectivity index is 1.75. The van der Waals surface area contributed by atoms with E-state index in [1.807, 2.05) is 42.5 Å². The Labute approximate surface area is 165 Å². The van der Waals surface area contributed by atoms with Gasteiger partial charge in [0, 0.05) is 5.92 Å². The van der Waals surface area contributed by atoms with Crippen molar-refractivity contribution in [3.8, 4) is 0 Å². The number of halogens is 1. The van der Waals surface area contributed by atoms with Crippen LogP contribution in [0.1, 0.15) is 22.6 Å². The Bertz CT molecular complexity index is 982. The zero-order valence-electron chi connectivity index (χ0n) is 14.5. The predicted molar refractivity (Wildman–Crippen MR) is 112 cm³/mol. The summed E-state index contributed by atoms with van der Waals surface area (Å²) >= 11 is -3.63. The van der Waals surface area contributed by atoms with Gasteiger partial charge in [-0.2, -0.15) is 0 Å². The smallest absolute Gasteiger partial charge is 0.341 e. The number of ether oxygens (including phenoxy) is 1. The molecular weight excluding hydrogens is 453 g/mol. The topological polar surface area (TPSA) is 55.7 Å². The average molecular weight is 471 g/mol. The minimum absolute atomic E-state index is 0.0474. The van der Waals surface area contributed by atoms with E-state index in [0.29, 0.717) is 21.6 Å². The first-order valence-corrected chi connectivity index (χ1v) is 11.5. The fourth-order valence-electron chi connectivity index (χ4n) is 3.43. The van der Waals surface area contributed by atoms with Crippen LogP contribution in [-0.2, 0) is 10.9 Å². The quantitative estimate of drug-likeness (QED) is 0.491. The van der Waals surface area contributed by atoms with Gasteiger partial charge in [0.2, 0.25) is 5.90 Å². The Morgan fingerprint density at radius 3 is 1.96 bits per heavy atom. The molecule has 3 aromatic carbocycles. The molecule has 0 amide bonds. The summed E-state index contributed by atoms with van der Waals surface area (Å²) in [5.41, 5.74) is 2.89. The molecule has 3 aromatic rings. The molecule has 0 aliphatic carbocycles. The molecule has 1 atom stereocenters. The summed E-state index contributed by atoms with van der Waals surface area (Å²) in [6.07, 6.45) is 0. The largest absolute Gasteiger partial charge is 0.475 e. The molecule has 136 valence electrons. The Kier molecular flexibility index (Phi) is 5.29. The molecule has 0 aromatic heterocycles. The van der Waals surface area contributed by atoms with Gasteiger partial charge in [-0.25, -0.2) is 11.1 Å². The van der Waals surface area contributed by atoms with Gasteiger partial charge in [-0.15, -0.1) is 0 Å². The summed E-state index contributed by atoms with van der Waals surface area (Å²) in [5.74, 6) is 0.465. The average Bonchev–Trinajstić information content (AvgIpc) is 3.19. The minimum Gasteiger partial charge on any atom is -0.475 e. The molecule has 0 saturated carbocycles. The molecule has 1 heterocycles. The van der Waals surface area contributed by atoms with Crippen LogP contribution in [-0.4, -0.2) is 18.5 Å². The highest BCUT2D eigenvalue weighted by Gasteiger charge is 2.31. The van der Waals surface area contributed by atoms with Gasteiger partial charge in [0.15, 0.2) is 0 Å². The second kappa shape index (κ2) is 8.00. The van der Waals surface area contributed by atoms with Gasteiger partial charge < -0.3 is 4.74 Å². The van der Waals surface area contributed by atoms with Crippen LogP contribution in [0.25, 0.3) is 0 Å². The SMILES string of the molecule is O=I(=O)c1ccccc1C1=NC(C(c2ccccc2)c2ccccc2)CO1. The molecule has 4 rings (SSSR count). The second-order valence-electron chi connectivity index (χ2n) is 6.31. The summed E-state index contributed by atoms with van der Waals surface area (Å²) in [4.78, 5) is 4.80. The highest BCUT2D eigenvalue weighted by Crippen LogP contribution is 2.33. The van der Waals surface area contributed by atoms with E-state index in [2.05, 4.69) is 24.3 Å². The highest BCUT2D eigenvalue weighted by molar-refractivity contribution is 14.2. The summed E-state index contributed by atoms with van der Waals surface area (Å²) in [5, 5.41) is 0. The molecule has 0 spiro atoms. The summed E-state index contributed by atoms with van der Waals surface area (Å²) in [6.45, 7) is 0.421. The van der Waals surface area contributed by atoms with Crippen LogP contribution < -0.4 is 0 Å². The molecule has 1 aliphatic heterocycles. The molecule has 1 aliphatic rings. The third-order valence-electron chi connectivity index (χ3n) is 4.65. The maximum atomic E-state index is 11.7. The Morgan fingerprint density at radius 1 is 0.815 bits per heavy atom. The van der Waals surface area contributed by atoms with Crippen LogP contribution in [0.15, 0.2) is 89.9 Å². The zero-order chi connectivity index (χ0) is 18.6. The van der Waals surface area contributed by atoms with Crippen molar-refractivity contribution in [1.29, 1.82) is 0 Å². The maximum Gasteiger partial charge on any atom is 0.341 e. The van der Waals surface area contributed by atoms with E-state index in [1.54, 1.807) is 18.2 Å². The molecule has 27 heavy (non-hydrogen) atoms. The zero-order valence-corrected chi connectivity index (χ0v) is 16.7. The number of nitrogens with zero attached hydrogens (tertiary/aromatic N) is 1. The van der Waals surface area contributed by atoms with Crippen molar-refractivity contribution in [2.45, 2.75) is 12.0 Å². The van der Waals surface area contributed by atoms with Crippen molar-refractivity contribution in [1.82, 2.24) is 0 Å². The van der Waals surface area contributed by atoms with Gasteiger partial charge >= 0.3 is 19.8 Å². The number of hydrogen-bond acceptors (Lipinski definition) is 4. The lowest BCUT2D eigenvalue weighted by molar-refractivity contribution is 0.308. The Morgan fingerprint density at radius 2 is 1.37 bits per heavy atom. The van der Waals surface area contributed by atoms with E-state index in [1.165, 1.54) is 0 Å². The number of benzene rings is 3. The van der Waals surface area contributed by atoms with E-state index in [9.17, 15) is 6.14 Å². The number of rotatable bonds is 5. The third kappa shape index (κ3) is 3.78. The minimum atomic E-state index is -3.63.